The molecule has 0 saturated carbocycles. The fourth-order valence-corrected chi connectivity index (χ4v) is 5.67. The van der Waals surface area contributed by atoms with Crippen molar-refractivity contribution in [3.8, 4) is 5.75 Å². The molecule has 19 heteroatoms. The minimum atomic E-state index is -4.87. The van der Waals surface area contributed by atoms with Crippen LogP contribution < -0.4 is 24.1 Å². The number of anilines is 2. The number of carbonyl (C=O) groups is 2. The lowest BCUT2D eigenvalue weighted by atomic mass is 10.1. The lowest BCUT2D eigenvalue weighted by molar-refractivity contribution is -0.112. The number of sulfonamides is 1. The van der Waals surface area contributed by atoms with Gasteiger partial charge in [0.25, 0.3) is 16.0 Å². The molecule has 1 aliphatic heterocycles. The fraction of sp³-hybridized carbons (Fsp3) is 0.214. The van der Waals surface area contributed by atoms with E-state index in [0.717, 1.165) is 35.2 Å². The molecule has 0 bridgehead atoms. The summed E-state index contributed by atoms with van der Waals surface area (Å²) in [6.45, 7) is 4.82. The number of hydrogen-bond acceptors (Lipinski definition) is 11. The normalized spacial score (nSPS) is 15.0. The van der Waals surface area contributed by atoms with Crippen molar-refractivity contribution in [3.05, 3.63) is 77.9 Å². The van der Waals surface area contributed by atoms with Crippen molar-refractivity contribution < 1.29 is 43.9 Å². The van der Waals surface area contributed by atoms with Gasteiger partial charge in [0.1, 0.15) is 5.75 Å². The molecule has 0 radical (unpaired) electrons. The molecule has 47 heavy (non-hydrogen) atoms. The van der Waals surface area contributed by atoms with E-state index in [4.69, 9.17) is 4.55 Å². The second kappa shape index (κ2) is 14.5. The molecule has 4 rings (SSSR count). The van der Waals surface area contributed by atoms with Crippen LogP contribution in [0.4, 0.5) is 17.1 Å². The van der Waals surface area contributed by atoms with Crippen molar-refractivity contribution in [3.63, 3.8) is 0 Å². The number of hydrogen-bond donors (Lipinski definition) is 4. The zero-order valence-corrected chi connectivity index (χ0v) is 27.6. The third-order valence-corrected chi connectivity index (χ3v) is 8.46. The number of hydrazone groups is 1. The Morgan fingerprint density at radius 1 is 1.09 bits per heavy atom. The van der Waals surface area contributed by atoms with Crippen molar-refractivity contribution in [2.24, 2.45) is 10.1 Å². The van der Waals surface area contributed by atoms with Gasteiger partial charge in [0.05, 0.1) is 22.5 Å². The van der Waals surface area contributed by atoms with Crippen LogP contribution in [0.1, 0.15) is 22.8 Å². The van der Waals surface area contributed by atoms with E-state index < -0.39 is 59.5 Å². The number of rotatable bonds is 12. The molecule has 2 amide bonds. The monoisotopic (exact) mass is 706 g/mol. The van der Waals surface area contributed by atoms with Gasteiger partial charge in [-0.15, -0.1) is 5.10 Å². The number of likely N-dealkylation sites (N-methyl/N-ethyl adjacent to an activating group) is 1. The molecule has 0 aliphatic carbocycles. The Hall–Kier alpha value is -4.53. The Labute approximate surface area is 273 Å². The van der Waals surface area contributed by atoms with Gasteiger partial charge in [-0.1, -0.05) is 18.2 Å². The third kappa shape index (κ3) is 9.27. The molecule has 250 valence electrons. The van der Waals surface area contributed by atoms with E-state index in [0.29, 0.717) is 30.0 Å². The predicted molar refractivity (Wildman–Crippen MR) is 175 cm³/mol. The van der Waals surface area contributed by atoms with Gasteiger partial charge in [-0.3, -0.25) is 18.7 Å². The first kappa shape index (κ1) is 35.3. The highest BCUT2D eigenvalue weighted by Crippen LogP contribution is 2.27. The Morgan fingerprint density at radius 3 is 2.38 bits per heavy atom. The first-order valence-electron chi connectivity index (χ1n) is 13.7. The van der Waals surface area contributed by atoms with E-state index in [2.05, 4.69) is 24.3 Å². The van der Waals surface area contributed by atoms with Crippen LogP contribution in [0.5, 0.6) is 5.75 Å². The molecular formula is C28H30N6O10S3. The van der Waals surface area contributed by atoms with Crippen molar-refractivity contribution in [1.29, 1.82) is 0 Å². The van der Waals surface area contributed by atoms with Crippen molar-refractivity contribution in [2.45, 2.75) is 18.7 Å². The number of para-hydroxylation sites is 1. The Morgan fingerprint density at radius 2 is 1.79 bits per heavy atom. The summed E-state index contributed by atoms with van der Waals surface area (Å²) in [7, 11) is -8.22. The predicted octanol–water partition coefficient (Wildman–Crippen LogP) is 2.00. The number of carbonyl (C=O) groups excluding carboxylic acids is 2. The van der Waals surface area contributed by atoms with Gasteiger partial charge in [-0.2, -0.15) is 17.6 Å². The molecule has 16 nitrogen and oxygen atoms in total. The van der Waals surface area contributed by atoms with Gasteiger partial charge < -0.3 is 14.4 Å². The van der Waals surface area contributed by atoms with E-state index in [9.17, 15) is 35.2 Å². The highest BCUT2D eigenvalue weighted by molar-refractivity contribution is 7.88. The molecule has 0 saturated heterocycles. The van der Waals surface area contributed by atoms with Crippen LogP contribution in [0.2, 0.25) is 0 Å². The van der Waals surface area contributed by atoms with Crippen LogP contribution in [-0.2, 0) is 36.3 Å². The Kier molecular flexibility index (Phi) is 10.9. The molecule has 1 atom stereocenters. The number of amides is 2. The Bertz CT molecular complexity index is 2000. The van der Waals surface area contributed by atoms with Crippen LogP contribution in [0.15, 0.2) is 81.7 Å². The quantitative estimate of drug-likeness (QED) is 0.157. The third-order valence-electron chi connectivity index (χ3n) is 6.57. The number of aliphatic imine (C=N–C) groups is 1. The zero-order chi connectivity index (χ0) is 34.5. The molecule has 4 N–H and O–H groups in total. The first-order chi connectivity index (χ1) is 22.1. The van der Waals surface area contributed by atoms with Gasteiger partial charge in [0.2, 0.25) is 10.0 Å². The van der Waals surface area contributed by atoms with Gasteiger partial charge in [0, 0.05) is 37.0 Å². The number of nitrogens with zero attached hydrogens (tertiary/aromatic N) is 4. The molecule has 0 aromatic heterocycles. The summed E-state index contributed by atoms with van der Waals surface area (Å²) < 4.78 is 83.4. The fourth-order valence-electron chi connectivity index (χ4n) is 4.40. The van der Waals surface area contributed by atoms with Crippen LogP contribution in [0, 0.1) is 6.92 Å². The summed E-state index contributed by atoms with van der Waals surface area (Å²) in [5, 5.41) is 7.70. The van der Waals surface area contributed by atoms with E-state index in [1.54, 1.807) is 55.5 Å². The molecule has 3 aromatic carbocycles. The first-order valence-corrected chi connectivity index (χ1v) is 18.0. The molecule has 1 aliphatic rings. The number of nitrogens with one attached hydrogen (secondary N) is 2. The van der Waals surface area contributed by atoms with Crippen LogP contribution >= 0.6 is 0 Å². The largest absolute Gasteiger partial charge is 0.380 e. The van der Waals surface area contributed by atoms with Gasteiger partial charge in [-0.25, -0.2) is 18.1 Å². The van der Waals surface area contributed by atoms with E-state index >= 15 is 0 Å². The highest BCUT2D eigenvalue weighted by Gasteiger charge is 2.35. The molecule has 1 heterocycles. The molecule has 0 fully saturated rings. The molecule has 0 spiro atoms. The second-order valence-corrected chi connectivity index (χ2v) is 13.9. The number of amidine groups is 1. The van der Waals surface area contributed by atoms with E-state index in [1.165, 1.54) is 0 Å². The average molecular weight is 707 g/mol. The summed E-state index contributed by atoms with van der Waals surface area (Å²) in [6.07, 6.45) is 1.08. The average Bonchev–Trinajstić information content (AvgIpc) is 3.29. The highest BCUT2D eigenvalue weighted by atomic mass is 32.2. The van der Waals surface area contributed by atoms with Crippen LogP contribution in [0.3, 0.4) is 0 Å². The number of benzene rings is 3. The molecule has 1 unspecified atom stereocenters. The maximum atomic E-state index is 13.6. The molecular weight excluding hydrogens is 677 g/mol. The second-order valence-electron chi connectivity index (χ2n) is 10.0. The zero-order valence-electron chi connectivity index (χ0n) is 25.1. The lowest BCUT2D eigenvalue weighted by Gasteiger charge is -2.24. The topological polar surface area (TPSA) is 224 Å². The van der Waals surface area contributed by atoms with Gasteiger partial charge >= 0.3 is 17.3 Å². The summed E-state index contributed by atoms with van der Waals surface area (Å²) in [6, 6.07) is 16.0. The summed E-state index contributed by atoms with van der Waals surface area (Å²) in [5.74, 6) is -2.51. The summed E-state index contributed by atoms with van der Waals surface area (Å²) in [5.41, 5.74) is 1.45. The van der Waals surface area contributed by atoms with Crippen LogP contribution in [0.25, 0.3) is 0 Å². The summed E-state index contributed by atoms with van der Waals surface area (Å²) >= 11 is -2.88. The van der Waals surface area contributed by atoms with Crippen LogP contribution in [-0.4, -0.2) is 79.4 Å². The maximum Gasteiger partial charge on any atom is 0.357 e. The minimum Gasteiger partial charge on any atom is -0.380 e. The van der Waals surface area contributed by atoms with Crippen molar-refractivity contribution in [2.75, 3.05) is 35.8 Å². The van der Waals surface area contributed by atoms with Gasteiger partial charge in [-0.05, 0) is 61.9 Å². The minimum absolute atomic E-state index is 0.192. The SMILES string of the molecule is CCN(CCNS(C)(=O)=O)c1ccc(/N=C2\C(=O)N(c3ccccc3)N=C2NC(=O)c2cc(OS(=O)O)cc(S(=O)(=O)O)c2)c(C)c1. The van der Waals surface area contributed by atoms with E-state index in [-0.39, 0.29) is 18.1 Å². The maximum absolute atomic E-state index is 13.6. The summed E-state index contributed by atoms with van der Waals surface area (Å²) in [4.78, 5) is 32.6. The number of aryl methyl sites for hydroxylation is 1. The smallest absolute Gasteiger partial charge is 0.357 e. The van der Waals surface area contributed by atoms with E-state index in [1.807, 2.05) is 11.8 Å². The standard InChI is InChI=1S/C28H30N6O10S3/c1-4-33(13-12-29-46(3,39)40)21-10-11-24(18(2)14-21)30-25-26(32-34(28(25)36)20-8-6-5-7-9-20)31-27(35)19-15-22(44-45(37)38)17-23(16-19)47(41,42)43/h5-11,14-17,29H,4,12-13H2,1-3H3,(H,37,38)(H,31,32,35)(H,41,42,43)/b30-25-. The lowest BCUT2D eigenvalue weighted by Crippen LogP contribution is -2.37. The van der Waals surface area contributed by atoms with Crippen molar-refractivity contribution in [1.82, 2.24) is 10.0 Å². The van der Waals surface area contributed by atoms with Gasteiger partial charge in [0.15, 0.2) is 11.5 Å². The molecule has 3 aromatic rings. The Balaban J connectivity index is 1.70. The van der Waals surface area contributed by atoms with Crippen molar-refractivity contribution >= 4 is 71.9 Å².